The van der Waals surface area contributed by atoms with Crippen molar-refractivity contribution in [3.05, 3.63) is 23.3 Å². The summed E-state index contributed by atoms with van der Waals surface area (Å²) < 4.78 is 0.547. The van der Waals surface area contributed by atoms with Crippen molar-refractivity contribution in [2.24, 2.45) is 4.99 Å². The summed E-state index contributed by atoms with van der Waals surface area (Å²) in [5, 5.41) is 8.50. The third-order valence-corrected chi connectivity index (χ3v) is 4.83. The van der Waals surface area contributed by atoms with E-state index in [0.717, 1.165) is 0 Å². The third-order valence-electron chi connectivity index (χ3n) is 2.81. The maximum atomic E-state index is 12.1. The van der Waals surface area contributed by atoms with Crippen LogP contribution in [-0.2, 0) is 9.59 Å². The molecule has 0 radical (unpaired) electrons. The first-order chi connectivity index (χ1) is 9.19. The van der Waals surface area contributed by atoms with Crippen molar-refractivity contribution >= 4 is 39.7 Å². The summed E-state index contributed by atoms with van der Waals surface area (Å²) in [4.78, 5) is 29.0. The van der Waals surface area contributed by atoms with Crippen LogP contribution in [0.25, 0.3) is 0 Å². The Labute approximate surface area is 119 Å². The number of allylic oxidation sites excluding steroid dienone is 2. The highest BCUT2D eigenvalue weighted by Crippen LogP contribution is 2.31. The number of carbonyl (C=O) groups excluding carboxylic acids is 2. The number of nitriles is 1. The molecular weight excluding hydrogens is 282 g/mol. The van der Waals surface area contributed by atoms with E-state index in [1.165, 1.54) is 28.4 Å². The number of hydrogen-bond donors (Lipinski definition) is 0. The topological polar surface area (TPSA) is 73.5 Å². The van der Waals surface area contributed by atoms with Crippen molar-refractivity contribution in [2.75, 3.05) is 12.1 Å². The number of rotatable bonds is 2. The molecule has 7 heteroatoms. The van der Waals surface area contributed by atoms with Gasteiger partial charge in [0.2, 0.25) is 6.19 Å². The van der Waals surface area contributed by atoms with Crippen molar-refractivity contribution < 1.29 is 9.59 Å². The van der Waals surface area contributed by atoms with Crippen molar-refractivity contribution in [1.29, 1.82) is 5.26 Å². The fourth-order valence-corrected chi connectivity index (χ4v) is 3.26. The zero-order valence-corrected chi connectivity index (χ0v) is 11.9. The van der Waals surface area contributed by atoms with Crippen LogP contribution < -0.4 is 0 Å². The van der Waals surface area contributed by atoms with Gasteiger partial charge in [-0.05, 0) is 19.1 Å². The summed E-state index contributed by atoms with van der Waals surface area (Å²) in [6.07, 6.45) is 8.38. The minimum atomic E-state index is -0.214. The van der Waals surface area contributed by atoms with E-state index in [4.69, 9.17) is 5.26 Å². The van der Waals surface area contributed by atoms with E-state index >= 15 is 0 Å². The minimum absolute atomic E-state index is 0.200. The lowest BCUT2D eigenvalue weighted by molar-refractivity contribution is -0.136. The maximum Gasteiger partial charge on any atom is 0.258 e. The van der Waals surface area contributed by atoms with Gasteiger partial charge in [-0.2, -0.15) is 10.3 Å². The van der Waals surface area contributed by atoms with E-state index < -0.39 is 0 Å². The van der Waals surface area contributed by atoms with Gasteiger partial charge in [0, 0.05) is 11.1 Å². The van der Waals surface area contributed by atoms with Crippen LogP contribution in [0.2, 0.25) is 0 Å². The summed E-state index contributed by atoms with van der Waals surface area (Å²) >= 11 is 2.55. The molecule has 0 fully saturated rings. The molecule has 98 valence electrons. The summed E-state index contributed by atoms with van der Waals surface area (Å²) in [7, 11) is 0. The fraction of sp³-hybridized carbons (Fsp3) is 0.333. The van der Waals surface area contributed by atoms with Crippen LogP contribution in [-0.4, -0.2) is 33.2 Å². The molecule has 0 aromatic carbocycles. The van der Waals surface area contributed by atoms with Crippen LogP contribution in [0.5, 0.6) is 0 Å². The molecular formula is C12H11N3O2S2. The number of amides is 2. The lowest BCUT2D eigenvalue weighted by Gasteiger charge is -2.14. The Hall–Kier alpha value is -1.52. The van der Waals surface area contributed by atoms with Gasteiger partial charge in [-0.1, -0.05) is 23.9 Å². The zero-order chi connectivity index (χ0) is 13.8. The summed E-state index contributed by atoms with van der Waals surface area (Å²) in [5.41, 5.74) is 1.21. The molecule has 19 heavy (non-hydrogen) atoms. The quantitative estimate of drug-likeness (QED) is 0.255. The zero-order valence-electron chi connectivity index (χ0n) is 10.3. The second kappa shape index (κ2) is 6.08. The second-order valence-electron chi connectivity index (χ2n) is 3.83. The highest BCUT2D eigenvalue weighted by molar-refractivity contribution is 8.38. The smallest absolute Gasteiger partial charge is 0.258 e. The molecule has 0 bridgehead atoms. The van der Waals surface area contributed by atoms with Crippen LogP contribution >= 0.6 is 23.5 Å². The lowest BCUT2D eigenvalue weighted by Crippen LogP contribution is -2.31. The Morgan fingerprint density at radius 2 is 1.95 bits per heavy atom. The van der Waals surface area contributed by atoms with Gasteiger partial charge in [0.15, 0.2) is 0 Å². The van der Waals surface area contributed by atoms with Gasteiger partial charge >= 0.3 is 0 Å². The van der Waals surface area contributed by atoms with E-state index in [1.807, 2.05) is 12.2 Å². The van der Waals surface area contributed by atoms with E-state index in [-0.39, 0.29) is 17.7 Å². The summed E-state index contributed by atoms with van der Waals surface area (Å²) in [6, 6.07) is 0. The number of nitrogens with zero attached hydrogens (tertiary/aromatic N) is 3. The van der Waals surface area contributed by atoms with Gasteiger partial charge in [-0.25, -0.2) is 0 Å². The average Bonchev–Trinajstić information content (AvgIpc) is 2.68. The first-order valence-electron chi connectivity index (χ1n) is 5.55. The molecule has 0 atom stereocenters. The second-order valence-corrected chi connectivity index (χ2v) is 5.82. The van der Waals surface area contributed by atoms with E-state index in [0.29, 0.717) is 28.4 Å². The van der Waals surface area contributed by atoms with Crippen molar-refractivity contribution in [2.45, 2.75) is 12.8 Å². The molecule has 0 aromatic rings. The average molecular weight is 293 g/mol. The number of imide groups is 1. The molecule has 0 N–H and O–H groups in total. The molecule has 0 saturated carbocycles. The minimum Gasteiger partial charge on any atom is -0.269 e. The van der Waals surface area contributed by atoms with Crippen LogP contribution in [0, 0.1) is 11.5 Å². The summed E-state index contributed by atoms with van der Waals surface area (Å²) in [6.45, 7) is 0. The molecule has 2 rings (SSSR count). The number of hydrogen-bond acceptors (Lipinski definition) is 6. The van der Waals surface area contributed by atoms with E-state index in [2.05, 4.69) is 4.99 Å². The lowest BCUT2D eigenvalue weighted by atomic mass is 9.99. The van der Waals surface area contributed by atoms with Gasteiger partial charge in [0.1, 0.15) is 4.38 Å². The van der Waals surface area contributed by atoms with Crippen molar-refractivity contribution in [1.82, 2.24) is 4.90 Å². The molecule has 5 nitrogen and oxygen atoms in total. The third kappa shape index (κ3) is 2.74. The Kier molecular flexibility index (Phi) is 4.45. The predicted molar refractivity (Wildman–Crippen MR) is 76.3 cm³/mol. The first kappa shape index (κ1) is 13.9. The molecule has 1 aliphatic heterocycles. The van der Waals surface area contributed by atoms with Crippen molar-refractivity contribution in [3.63, 3.8) is 0 Å². The predicted octanol–water partition coefficient (Wildman–Crippen LogP) is 1.89. The fourth-order valence-electron chi connectivity index (χ4n) is 1.91. The summed E-state index contributed by atoms with van der Waals surface area (Å²) in [5.74, 6) is -0.227. The maximum absolute atomic E-state index is 12.1. The van der Waals surface area contributed by atoms with Crippen LogP contribution in [0.1, 0.15) is 12.8 Å². The normalized spacial score (nSPS) is 18.9. The Morgan fingerprint density at radius 1 is 1.37 bits per heavy atom. The van der Waals surface area contributed by atoms with E-state index in [1.54, 1.807) is 12.4 Å². The molecule has 2 aliphatic rings. The van der Waals surface area contributed by atoms with Crippen molar-refractivity contribution in [3.8, 4) is 6.19 Å². The molecule has 1 heterocycles. The van der Waals surface area contributed by atoms with Gasteiger partial charge in [0.25, 0.3) is 11.8 Å². The number of thioether (sulfide) groups is 2. The monoisotopic (exact) mass is 293 g/mol. The first-order valence-corrected chi connectivity index (χ1v) is 7.76. The number of carbonyl (C=O) groups is 2. The molecule has 0 spiro atoms. The largest absolute Gasteiger partial charge is 0.269 e. The van der Waals surface area contributed by atoms with Crippen LogP contribution in [0.15, 0.2) is 28.3 Å². The van der Waals surface area contributed by atoms with Gasteiger partial charge in [-0.15, -0.1) is 11.8 Å². The molecule has 1 aliphatic carbocycles. The van der Waals surface area contributed by atoms with Gasteiger partial charge in [0.05, 0.1) is 5.88 Å². The Bertz CT molecular complexity index is 528. The Balaban J connectivity index is 2.05. The molecule has 2 amide bonds. The van der Waals surface area contributed by atoms with Gasteiger partial charge < -0.3 is 0 Å². The standard InChI is InChI=1S/C12H11N3O2S2/c1-18-12(14-6-13)19-7-15-10(16)8-4-2-3-5-9(8)11(15)17/h2-3H,4-5,7H2,1H3. The highest BCUT2D eigenvalue weighted by atomic mass is 32.2. The molecule has 0 aromatic heterocycles. The highest BCUT2D eigenvalue weighted by Gasteiger charge is 2.37. The molecule has 0 unspecified atom stereocenters. The van der Waals surface area contributed by atoms with Crippen LogP contribution in [0.3, 0.4) is 0 Å². The van der Waals surface area contributed by atoms with Gasteiger partial charge in [-0.3, -0.25) is 14.5 Å². The molecule has 0 saturated heterocycles. The van der Waals surface area contributed by atoms with E-state index in [9.17, 15) is 9.59 Å². The Morgan fingerprint density at radius 3 is 2.42 bits per heavy atom. The number of aliphatic imine (C=N–C) groups is 1. The van der Waals surface area contributed by atoms with Crippen LogP contribution in [0.4, 0.5) is 0 Å². The SMILES string of the molecule is CSC(=NC#N)SCN1C(=O)C2=C(CC=CC2)C1=O.